The summed E-state index contributed by atoms with van der Waals surface area (Å²) in [4.78, 5) is 11.4. The van der Waals surface area contributed by atoms with Crippen LogP contribution in [0.25, 0.3) is 0 Å². The minimum atomic E-state index is -0.0359. The van der Waals surface area contributed by atoms with E-state index in [2.05, 4.69) is 0 Å². The van der Waals surface area contributed by atoms with E-state index in [-0.39, 0.29) is 44.5 Å². The number of pyridine rings is 1. The third-order valence-corrected chi connectivity index (χ3v) is 2.33. The van der Waals surface area contributed by atoms with Gasteiger partial charge in [0.2, 0.25) is 6.04 Å². The molecule has 1 unspecified atom stereocenters. The van der Waals surface area contributed by atoms with Crippen LogP contribution in [0.5, 0.6) is 0 Å². The Kier molecular flexibility index (Phi) is 6.38. The van der Waals surface area contributed by atoms with Crippen LogP contribution in [0.4, 0.5) is 0 Å². The predicted octanol–water partition coefficient (Wildman–Crippen LogP) is 1.82. The first-order chi connectivity index (χ1) is 6.16. The van der Waals surface area contributed by atoms with E-state index in [1.165, 1.54) is 0 Å². The maximum atomic E-state index is 11.4. The number of hydrogen-bond acceptors (Lipinski definition) is 1. The quantitative estimate of drug-likeness (QED) is 0.765. The van der Waals surface area contributed by atoms with Gasteiger partial charge in [-0.3, -0.25) is 4.79 Å². The van der Waals surface area contributed by atoms with E-state index in [9.17, 15) is 4.79 Å². The Hall–Kier alpha value is -0.0761. The molecule has 14 heavy (non-hydrogen) atoms. The fraction of sp³-hybridized carbons (Fsp3) is 0.455. The number of aryl methyl sites for hydroxylation is 1. The molecule has 3 heteroatoms. The average Bonchev–Trinajstić information content (AvgIpc) is 2.16. The molecule has 2 nitrogen and oxygen atoms in total. The molecule has 0 N–H and O–H groups in total. The van der Waals surface area contributed by atoms with E-state index in [0.717, 1.165) is 5.69 Å². The van der Waals surface area contributed by atoms with Gasteiger partial charge >= 0.3 is 0 Å². The first-order valence-corrected chi connectivity index (χ1v) is 4.66. The van der Waals surface area contributed by atoms with Crippen LogP contribution in [0.1, 0.15) is 32.0 Å². The van der Waals surface area contributed by atoms with Crippen LogP contribution in [0, 0.1) is 6.92 Å². The summed E-state index contributed by atoms with van der Waals surface area (Å²) < 4.78 is 2.01. The maximum absolute atomic E-state index is 11.4. The summed E-state index contributed by atoms with van der Waals surface area (Å²) in [6.45, 7) is 5.86. The Labute approximate surface area is 111 Å². The van der Waals surface area contributed by atoms with E-state index in [4.69, 9.17) is 0 Å². The Balaban J connectivity index is 0.00000169. The molecular formula is C11H16NOY+. The summed E-state index contributed by atoms with van der Waals surface area (Å²) in [5, 5.41) is 0. The number of carbonyl (C=O) groups is 1. The van der Waals surface area contributed by atoms with Gasteiger partial charge in [-0.15, -0.1) is 0 Å². The zero-order valence-electron chi connectivity index (χ0n) is 9.03. The molecular weight excluding hydrogens is 251 g/mol. The Morgan fingerprint density at radius 1 is 1.50 bits per heavy atom. The van der Waals surface area contributed by atoms with Gasteiger partial charge in [0.25, 0.3) is 0 Å². The van der Waals surface area contributed by atoms with Crippen molar-refractivity contribution in [3.63, 3.8) is 0 Å². The van der Waals surface area contributed by atoms with Gasteiger partial charge in [0.1, 0.15) is 0 Å². The van der Waals surface area contributed by atoms with Crippen LogP contribution >= 0.6 is 0 Å². The van der Waals surface area contributed by atoms with Crippen LogP contribution in [0.3, 0.4) is 0 Å². The zero-order chi connectivity index (χ0) is 9.84. The molecule has 0 saturated carbocycles. The minimum absolute atomic E-state index is 0. The molecule has 0 aliphatic rings. The molecule has 0 aliphatic heterocycles. The molecule has 1 aromatic rings. The van der Waals surface area contributed by atoms with Crippen LogP contribution in [-0.4, -0.2) is 5.78 Å². The number of nitrogens with zero attached hydrogens (tertiary/aromatic N) is 1. The van der Waals surface area contributed by atoms with Crippen molar-refractivity contribution < 1.29 is 42.1 Å². The first kappa shape index (κ1) is 13.9. The monoisotopic (exact) mass is 267 g/mol. The average molecular weight is 267 g/mol. The van der Waals surface area contributed by atoms with Crippen molar-refractivity contribution in [2.24, 2.45) is 0 Å². The van der Waals surface area contributed by atoms with Gasteiger partial charge in [-0.2, -0.15) is 4.57 Å². The molecule has 1 aromatic heterocycles. The summed E-state index contributed by atoms with van der Waals surface area (Å²) >= 11 is 0. The standard InChI is InChI=1S/C11H16NO.Y/c1-4-11(13)10(3)12-8-6-5-7-9(12)2;/h5-8,10H,4H2,1-3H3;/q+1;. The largest absolute Gasteiger partial charge is 0.292 e. The van der Waals surface area contributed by atoms with Crippen LogP contribution in [-0.2, 0) is 37.5 Å². The molecule has 0 bridgehead atoms. The summed E-state index contributed by atoms with van der Waals surface area (Å²) in [5.74, 6) is 0.277. The van der Waals surface area contributed by atoms with Crippen molar-refractivity contribution in [1.29, 1.82) is 0 Å². The molecule has 0 fully saturated rings. The molecule has 1 rings (SSSR count). The van der Waals surface area contributed by atoms with Crippen LogP contribution < -0.4 is 4.57 Å². The third kappa shape index (κ3) is 3.25. The van der Waals surface area contributed by atoms with Crippen LogP contribution in [0.2, 0.25) is 0 Å². The van der Waals surface area contributed by atoms with Gasteiger partial charge in [0.15, 0.2) is 17.7 Å². The first-order valence-electron chi connectivity index (χ1n) is 4.66. The van der Waals surface area contributed by atoms with Gasteiger partial charge in [-0.25, -0.2) is 0 Å². The zero-order valence-corrected chi connectivity index (χ0v) is 11.9. The van der Waals surface area contributed by atoms with Gasteiger partial charge in [0.05, 0.1) is 0 Å². The van der Waals surface area contributed by atoms with Crippen molar-refractivity contribution in [3.8, 4) is 0 Å². The van der Waals surface area contributed by atoms with E-state index in [0.29, 0.717) is 6.42 Å². The second-order valence-electron chi connectivity index (χ2n) is 3.25. The smallest absolute Gasteiger partial charge is 0.213 e. The fourth-order valence-corrected chi connectivity index (χ4v) is 1.43. The number of Topliss-reactive ketones (excluding diaryl/α,β-unsaturated/α-hetero) is 1. The number of ketones is 1. The number of aromatic nitrogens is 1. The van der Waals surface area contributed by atoms with Crippen molar-refractivity contribution in [2.45, 2.75) is 33.2 Å². The fourth-order valence-electron chi connectivity index (χ4n) is 1.43. The van der Waals surface area contributed by atoms with Crippen molar-refractivity contribution >= 4 is 5.78 Å². The topological polar surface area (TPSA) is 20.9 Å². The Morgan fingerprint density at radius 3 is 2.64 bits per heavy atom. The molecule has 1 atom stereocenters. The van der Waals surface area contributed by atoms with E-state index >= 15 is 0 Å². The van der Waals surface area contributed by atoms with Crippen molar-refractivity contribution in [2.75, 3.05) is 0 Å². The molecule has 1 radical (unpaired) electrons. The number of carbonyl (C=O) groups excluding carboxylic acids is 1. The Bertz CT molecular complexity index is 312. The summed E-state index contributed by atoms with van der Waals surface area (Å²) in [6, 6.07) is 5.91. The van der Waals surface area contributed by atoms with E-state index < -0.39 is 0 Å². The minimum Gasteiger partial charge on any atom is -0.292 e. The van der Waals surface area contributed by atoms with Crippen molar-refractivity contribution in [3.05, 3.63) is 30.1 Å². The van der Waals surface area contributed by atoms with E-state index in [1.807, 2.05) is 49.7 Å². The number of rotatable bonds is 3. The van der Waals surface area contributed by atoms with Gasteiger partial charge in [-0.05, 0) is 0 Å². The van der Waals surface area contributed by atoms with Gasteiger partial charge in [0, 0.05) is 65.1 Å². The summed E-state index contributed by atoms with van der Waals surface area (Å²) in [6.07, 6.45) is 2.55. The van der Waals surface area contributed by atoms with Crippen LogP contribution in [0.15, 0.2) is 24.4 Å². The molecule has 0 amide bonds. The second kappa shape index (κ2) is 6.42. The van der Waals surface area contributed by atoms with Gasteiger partial charge in [-0.1, -0.05) is 13.0 Å². The van der Waals surface area contributed by atoms with E-state index in [1.54, 1.807) is 0 Å². The maximum Gasteiger partial charge on any atom is 0.213 e. The Morgan fingerprint density at radius 2 is 2.14 bits per heavy atom. The summed E-state index contributed by atoms with van der Waals surface area (Å²) in [7, 11) is 0. The molecule has 0 saturated heterocycles. The molecule has 0 aromatic carbocycles. The summed E-state index contributed by atoms with van der Waals surface area (Å²) in [5.41, 5.74) is 1.12. The SMILES string of the molecule is CCC(=O)C(C)[n+]1ccccc1C.[Y]. The van der Waals surface area contributed by atoms with Gasteiger partial charge < -0.3 is 0 Å². The molecule has 1 heterocycles. The molecule has 73 valence electrons. The molecule has 0 aliphatic carbocycles. The normalized spacial score (nSPS) is 11.6. The third-order valence-electron chi connectivity index (χ3n) is 2.33. The van der Waals surface area contributed by atoms with Crippen molar-refractivity contribution in [1.82, 2.24) is 0 Å². The predicted molar refractivity (Wildman–Crippen MR) is 51.4 cm³/mol. The molecule has 0 spiro atoms. The second-order valence-corrected chi connectivity index (χ2v) is 3.25. The number of hydrogen-bond donors (Lipinski definition) is 0.